The molecule has 0 saturated heterocycles. The minimum atomic E-state index is 0.506. The Kier molecular flexibility index (Phi) is 1.88. The maximum Gasteiger partial charge on any atom is 0.200 e. The summed E-state index contributed by atoms with van der Waals surface area (Å²) in [6, 6.07) is 5.92. The van der Waals surface area contributed by atoms with Crippen molar-refractivity contribution in [1.29, 1.82) is 0 Å². The third-order valence-corrected chi connectivity index (χ3v) is 2.44. The summed E-state index contributed by atoms with van der Waals surface area (Å²) in [5, 5.41) is 0. The van der Waals surface area contributed by atoms with Gasteiger partial charge in [-0.05, 0) is 17.7 Å². The molecule has 2 N–H and O–H groups in total. The van der Waals surface area contributed by atoms with Crippen LogP contribution < -0.4 is 5.73 Å². The highest BCUT2D eigenvalue weighted by Gasteiger charge is 2.04. The molecule has 2 rings (SSSR count). The second-order valence-electron chi connectivity index (χ2n) is 2.99. The lowest BCUT2D eigenvalue weighted by atomic mass is 10.2. The summed E-state index contributed by atoms with van der Waals surface area (Å²) < 4.78 is 1.85. The van der Waals surface area contributed by atoms with Gasteiger partial charge in [0.2, 0.25) is 5.95 Å². The number of hydrogen-bond acceptors (Lipinski definition) is 2. The van der Waals surface area contributed by atoms with E-state index in [2.05, 4.69) is 4.98 Å². The Morgan fingerprint density at radius 1 is 1.54 bits per heavy atom. The molecule has 13 heavy (non-hydrogen) atoms. The van der Waals surface area contributed by atoms with Gasteiger partial charge >= 0.3 is 0 Å². The molecule has 0 unspecified atom stereocenters. The van der Waals surface area contributed by atoms with E-state index in [1.54, 1.807) is 0 Å². The van der Waals surface area contributed by atoms with Gasteiger partial charge in [0.25, 0.3) is 0 Å². The first-order valence-corrected chi connectivity index (χ1v) is 4.52. The van der Waals surface area contributed by atoms with Crippen molar-refractivity contribution in [2.75, 3.05) is 5.73 Å². The molecule has 0 aliphatic carbocycles. The molecule has 4 heteroatoms. The first-order chi connectivity index (χ1) is 6.22. The number of fused-ring (bicyclic) bond motifs is 1. The van der Waals surface area contributed by atoms with Gasteiger partial charge in [-0.1, -0.05) is 6.07 Å². The predicted octanol–water partition coefficient (Wildman–Crippen LogP) is 1.89. The molecule has 1 heterocycles. The van der Waals surface area contributed by atoms with Gasteiger partial charge in [0.1, 0.15) is 0 Å². The quantitative estimate of drug-likeness (QED) is 0.707. The fourth-order valence-corrected chi connectivity index (χ4v) is 1.51. The van der Waals surface area contributed by atoms with E-state index in [0.29, 0.717) is 11.8 Å². The van der Waals surface area contributed by atoms with Crippen LogP contribution in [0.15, 0.2) is 18.2 Å². The minimum absolute atomic E-state index is 0.506. The van der Waals surface area contributed by atoms with Crippen LogP contribution in [0.2, 0.25) is 0 Å². The third kappa shape index (κ3) is 1.25. The first kappa shape index (κ1) is 8.38. The molecule has 1 aromatic heterocycles. The average molecular weight is 196 g/mol. The molecular formula is C9H10ClN3. The molecule has 1 aromatic carbocycles. The molecule has 2 aromatic rings. The Balaban J connectivity index is 2.73. The normalized spacial score (nSPS) is 10.9. The van der Waals surface area contributed by atoms with E-state index in [-0.39, 0.29) is 0 Å². The number of alkyl halides is 1. The highest BCUT2D eigenvalue weighted by molar-refractivity contribution is 6.17. The van der Waals surface area contributed by atoms with Crippen LogP contribution in [0.4, 0.5) is 5.95 Å². The van der Waals surface area contributed by atoms with Crippen molar-refractivity contribution in [2.24, 2.45) is 7.05 Å². The van der Waals surface area contributed by atoms with Gasteiger partial charge < -0.3 is 10.3 Å². The highest BCUT2D eigenvalue weighted by atomic mass is 35.5. The molecule has 0 spiro atoms. The Morgan fingerprint density at radius 3 is 3.00 bits per heavy atom. The molecule has 0 bridgehead atoms. The summed E-state index contributed by atoms with van der Waals surface area (Å²) in [7, 11) is 1.89. The monoisotopic (exact) mass is 195 g/mol. The van der Waals surface area contributed by atoms with Gasteiger partial charge in [0.15, 0.2) is 0 Å². The summed E-state index contributed by atoms with van der Waals surface area (Å²) in [6.45, 7) is 0. The lowest BCUT2D eigenvalue weighted by Crippen LogP contribution is -1.95. The van der Waals surface area contributed by atoms with Crippen molar-refractivity contribution >= 4 is 28.6 Å². The van der Waals surface area contributed by atoms with Crippen molar-refractivity contribution in [2.45, 2.75) is 5.88 Å². The van der Waals surface area contributed by atoms with Gasteiger partial charge in [-0.25, -0.2) is 4.98 Å². The summed E-state index contributed by atoms with van der Waals surface area (Å²) in [5.41, 5.74) is 8.66. The van der Waals surface area contributed by atoms with Crippen molar-refractivity contribution in [3.8, 4) is 0 Å². The maximum atomic E-state index is 5.71. The van der Waals surface area contributed by atoms with Crippen LogP contribution in [0.3, 0.4) is 0 Å². The van der Waals surface area contributed by atoms with Gasteiger partial charge in [-0.3, -0.25) is 0 Å². The van der Waals surface area contributed by atoms with E-state index in [1.165, 1.54) is 0 Å². The lowest BCUT2D eigenvalue weighted by Gasteiger charge is -1.96. The molecular weight excluding hydrogens is 186 g/mol. The van der Waals surface area contributed by atoms with Crippen LogP contribution in [0.1, 0.15) is 5.56 Å². The standard InChI is InChI=1S/C9H10ClN3/c1-13-8-3-2-6(5-10)4-7(8)12-9(13)11/h2-4H,5H2,1H3,(H2,11,12). The molecule has 0 aliphatic rings. The SMILES string of the molecule is Cn1c(N)nc2cc(CCl)ccc21. The zero-order valence-corrected chi connectivity index (χ0v) is 8.04. The molecule has 0 atom stereocenters. The molecule has 0 saturated carbocycles. The lowest BCUT2D eigenvalue weighted by molar-refractivity contribution is 0.965. The average Bonchev–Trinajstić information content (AvgIpc) is 2.42. The topological polar surface area (TPSA) is 43.8 Å². The van der Waals surface area contributed by atoms with E-state index >= 15 is 0 Å². The number of hydrogen-bond donors (Lipinski definition) is 1. The minimum Gasteiger partial charge on any atom is -0.369 e. The summed E-state index contributed by atoms with van der Waals surface area (Å²) in [6.07, 6.45) is 0. The Labute approximate surface area is 81.1 Å². The van der Waals surface area contributed by atoms with Crippen molar-refractivity contribution in [3.63, 3.8) is 0 Å². The Hall–Kier alpha value is -1.22. The van der Waals surface area contributed by atoms with Crippen molar-refractivity contribution in [3.05, 3.63) is 23.8 Å². The molecule has 0 fully saturated rings. The van der Waals surface area contributed by atoms with E-state index in [0.717, 1.165) is 16.6 Å². The maximum absolute atomic E-state index is 5.71. The van der Waals surface area contributed by atoms with Crippen LogP contribution in [0, 0.1) is 0 Å². The van der Waals surface area contributed by atoms with E-state index < -0.39 is 0 Å². The number of imidazole rings is 1. The fraction of sp³-hybridized carbons (Fsp3) is 0.222. The van der Waals surface area contributed by atoms with Crippen LogP contribution >= 0.6 is 11.6 Å². The second-order valence-corrected chi connectivity index (χ2v) is 3.25. The summed E-state index contributed by atoms with van der Waals surface area (Å²) in [4.78, 5) is 4.20. The van der Waals surface area contributed by atoms with Gasteiger partial charge in [0.05, 0.1) is 11.0 Å². The zero-order valence-electron chi connectivity index (χ0n) is 7.29. The molecule has 0 radical (unpaired) electrons. The zero-order chi connectivity index (χ0) is 9.42. The predicted molar refractivity (Wildman–Crippen MR) is 54.7 cm³/mol. The number of anilines is 1. The van der Waals surface area contributed by atoms with E-state index in [4.69, 9.17) is 17.3 Å². The van der Waals surface area contributed by atoms with Gasteiger partial charge in [0, 0.05) is 12.9 Å². The Morgan fingerprint density at radius 2 is 2.31 bits per heavy atom. The number of nitrogens with two attached hydrogens (primary N) is 1. The number of halogens is 1. The number of rotatable bonds is 1. The van der Waals surface area contributed by atoms with Crippen molar-refractivity contribution < 1.29 is 0 Å². The van der Waals surface area contributed by atoms with E-state index in [9.17, 15) is 0 Å². The molecule has 0 aliphatic heterocycles. The van der Waals surface area contributed by atoms with Gasteiger partial charge in [-0.15, -0.1) is 11.6 Å². The Bertz CT molecular complexity index is 447. The van der Waals surface area contributed by atoms with Gasteiger partial charge in [-0.2, -0.15) is 0 Å². The molecule has 0 amide bonds. The van der Waals surface area contributed by atoms with E-state index in [1.807, 2.05) is 29.8 Å². The van der Waals surface area contributed by atoms with Crippen molar-refractivity contribution in [1.82, 2.24) is 9.55 Å². The van der Waals surface area contributed by atoms with Crippen LogP contribution in [-0.2, 0) is 12.9 Å². The number of benzene rings is 1. The number of nitrogens with zero attached hydrogens (tertiary/aromatic N) is 2. The van der Waals surface area contributed by atoms with Crippen LogP contribution in [0.25, 0.3) is 11.0 Å². The van der Waals surface area contributed by atoms with Crippen LogP contribution in [-0.4, -0.2) is 9.55 Å². The number of aromatic nitrogens is 2. The molecule has 68 valence electrons. The van der Waals surface area contributed by atoms with Crippen LogP contribution in [0.5, 0.6) is 0 Å². The smallest absolute Gasteiger partial charge is 0.200 e. The second kappa shape index (κ2) is 2.92. The number of nitrogen functional groups attached to an aromatic ring is 1. The largest absolute Gasteiger partial charge is 0.369 e. The fourth-order valence-electron chi connectivity index (χ4n) is 1.35. The third-order valence-electron chi connectivity index (χ3n) is 2.13. The highest BCUT2D eigenvalue weighted by Crippen LogP contribution is 2.18. The summed E-state index contributed by atoms with van der Waals surface area (Å²) in [5.74, 6) is 1.04. The first-order valence-electron chi connectivity index (χ1n) is 3.99. The molecule has 3 nitrogen and oxygen atoms in total. The summed E-state index contributed by atoms with van der Waals surface area (Å²) >= 11 is 5.71. The number of aryl methyl sites for hydroxylation is 1.